The molecule has 0 radical (unpaired) electrons. The molecule has 0 unspecified atom stereocenters. The molecular weight excluding hydrogens is 246 g/mol. The Morgan fingerprint density at radius 3 is 2.70 bits per heavy atom. The molecule has 20 heavy (non-hydrogen) atoms. The van der Waals surface area contributed by atoms with Crippen molar-refractivity contribution >= 4 is 28.0 Å². The van der Waals surface area contributed by atoms with E-state index in [4.69, 9.17) is 5.73 Å². The van der Waals surface area contributed by atoms with E-state index in [1.165, 1.54) is 11.1 Å². The topological polar surface area (TPSA) is 50.9 Å². The maximum absolute atomic E-state index is 5.82. The first-order valence-electron chi connectivity index (χ1n) is 6.62. The van der Waals surface area contributed by atoms with E-state index in [1.54, 1.807) is 0 Å². The quantitative estimate of drug-likeness (QED) is 0.682. The number of pyridine rings is 1. The molecule has 0 aliphatic heterocycles. The van der Waals surface area contributed by atoms with Gasteiger partial charge in [-0.05, 0) is 55.3 Å². The Kier molecular flexibility index (Phi) is 3.03. The monoisotopic (exact) mass is 263 g/mol. The van der Waals surface area contributed by atoms with Crippen molar-refractivity contribution in [1.29, 1.82) is 0 Å². The third-order valence-electron chi connectivity index (χ3n) is 3.35. The fourth-order valence-corrected chi connectivity index (χ4v) is 2.55. The molecule has 3 aromatic rings. The highest BCUT2D eigenvalue weighted by Gasteiger charge is 2.06. The van der Waals surface area contributed by atoms with Gasteiger partial charge in [0.2, 0.25) is 0 Å². The van der Waals surface area contributed by atoms with Gasteiger partial charge in [-0.3, -0.25) is 4.98 Å². The second-order valence-corrected chi connectivity index (χ2v) is 5.08. The number of nitrogen functional groups attached to an aromatic ring is 1. The molecule has 0 amide bonds. The summed E-state index contributed by atoms with van der Waals surface area (Å²) in [6.07, 6.45) is 1.83. The smallest absolute Gasteiger partial charge is 0.0728 e. The third-order valence-corrected chi connectivity index (χ3v) is 3.35. The average Bonchev–Trinajstić information content (AvgIpc) is 2.38. The van der Waals surface area contributed by atoms with Crippen LogP contribution in [0.2, 0.25) is 0 Å². The first kappa shape index (κ1) is 12.5. The number of nitrogens with zero attached hydrogens (tertiary/aromatic N) is 1. The number of aryl methyl sites for hydroxylation is 2. The molecule has 3 N–H and O–H groups in total. The van der Waals surface area contributed by atoms with Crippen molar-refractivity contribution in [2.75, 3.05) is 11.1 Å². The lowest BCUT2D eigenvalue weighted by Crippen LogP contribution is -1.95. The van der Waals surface area contributed by atoms with Crippen molar-refractivity contribution in [2.24, 2.45) is 0 Å². The third kappa shape index (κ3) is 2.30. The molecule has 0 atom stereocenters. The minimum atomic E-state index is 0.751. The first-order valence-corrected chi connectivity index (χ1v) is 6.62. The Labute approximate surface area is 118 Å². The fourth-order valence-electron chi connectivity index (χ4n) is 2.55. The summed E-state index contributed by atoms with van der Waals surface area (Å²) in [7, 11) is 0. The van der Waals surface area contributed by atoms with Crippen LogP contribution in [0.25, 0.3) is 10.9 Å². The van der Waals surface area contributed by atoms with Gasteiger partial charge in [0.25, 0.3) is 0 Å². The van der Waals surface area contributed by atoms with Crippen LogP contribution in [0.5, 0.6) is 0 Å². The number of hydrogen-bond acceptors (Lipinski definition) is 3. The summed E-state index contributed by atoms with van der Waals surface area (Å²) >= 11 is 0. The molecule has 0 aliphatic rings. The summed E-state index contributed by atoms with van der Waals surface area (Å²) in [6, 6.07) is 14.0. The van der Waals surface area contributed by atoms with Crippen LogP contribution >= 0.6 is 0 Å². The van der Waals surface area contributed by atoms with Gasteiger partial charge < -0.3 is 11.1 Å². The van der Waals surface area contributed by atoms with E-state index in [0.717, 1.165) is 28.0 Å². The Morgan fingerprint density at radius 1 is 1.05 bits per heavy atom. The van der Waals surface area contributed by atoms with Crippen molar-refractivity contribution < 1.29 is 0 Å². The van der Waals surface area contributed by atoms with E-state index < -0.39 is 0 Å². The minimum absolute atomic E-state index is 0.751. The zero-order valence-corrected chi connectivity index (χ0v) is 11.6. The van der Waals surface area contributed by atoms with Gasteiger partial charge in [0.1, 0.15) is 0 Å². The molecule has 3 heteroatoms. The predicted molar refractivity (Wildman–Crippen MR) is 85.4 cm³/mol. The number of nitrogens with two attached hydrogens (primary N) is 1. The lowest BCUT2D eigenvalue weighted by atomic mass is 10.0. The summed E-state index contributed by atoms with van der Waals surface area (Å²) in [6.45, 7) is 4.20. The molecule has 0 bridgehead atoms. The van der Waals surface area contributed by atoms with Gasteiger partial charge >= 0.3 is 0 Å². The van der Waals surface area contributed by atoms with E-state index in [9.17, 15) is 0 Å². The minimum Gasteiger partial charge on any atom is -0.399 e. The summed E-state index contributed by atoms with van der Waals surface area (Å²) in [5.74, 6) is 0. The van der Waals surface area contributed by atoms with Gasteiger partial charge in [0, 0.05) is 28.6 Å². The van der Waals surface area contributed by atoms with Gasteiger partial charge in [-0.2, -0.15) is 0 Å². The molecule has 3 nitrogen and oxygen atoms in total. The number of anilines is 3. The van der Waals surface area contributed by atoms with E-state index in [1.807, 2.05) is 36.5 Å². The van der Waals surface area contributed by atoms with Crippen molar-refractivity contribution in [1.82, 2.24) is 4.98 Å². The number of benzene rings is 2. The summed E-state index contributed by atoms with van der Waals surface area (Å²) in [5, 5.41) is 4.58. The molecule has 0 fully saturated rings. The summed E-state index contributed by atoms with van der Waals surface area (Å²) in [5.41, 5.74) is 12.1. The summed E-state index contributed by atoms with van der Waals surface area (Å²) < 4.78 is 0. The van der Waals surface area contributed by atoms with Gasteiger partial charge in [-0.25, -0.2) is 0 Å². The number of aromatic nitrogens is 1. The lowest BCUT2D eigenvalue weighted by molar-refractivity contribution is 1.35. The van der Waals surface area contributed by atoms with E-state index in [-0.39, 0.29) is 0 Å². The lowest BCUT2D eigenvalue weighted by Gasteiger charge is -2.12. The standard InChI is InChI=1S/C17H17N3/c1-11-8-12(2)17-15(6-7-19-16(17)9-11)20-14-5-3-4-13(18)10-14/h3-10H,18H2,1-2H3,(H,19,20). The molecule has 0 saturated heterocycles. The van der Waals surface area contributed by atoms with Crippen LogP contribution in [-0.2, 0) is 0 Å². The summed E-state index contributed by atoms with van der Waals surface area (Å²) in [4.78, 5) is 4.46. The highest BCUT2D eigenvalue weighted by atomic mass is 14.9. The molecule has 0 saturated carbocycles. The Morgan fingerprint density at radius 2 is 1.90 bits per heavy atom. The van der Waals surface area contributed by atoms with Crippen molar-refractivity contribution in [3.63, 3.8) is 0 Å². The Balaban J connectivity index is 2.12. The Bertz CT molecular complexity index is 778. The van der Waals surface area contributed by atoms with Crippen LogP contribution in [0.4, 0.5) is 17.1 Å². The van der Waals surface area contributed by atoms with E-state index in [0.29, 0.717) is 0 Å². The van der Waals surface area contributed by atoms with Crippen LogP contribution in [0, 0.1) is 13.8 Å². The van der Waals surface area contributed by atoms with E-state index in [2.05, 4.69) is 36.3 Å². The van der Waals surface area contributed by atoms with Gasteiger partial charge in [-0.15, -0.1) is 0 Å². The van der Waals surface area contributed by atoms with Crippen molar-refractivity contribution in [2.45, 2.75) is 13.8 Å². The zero-order chi connectivity index (χ0) is 14.1. The maximum Gasteiger partial charge on any atom is 0.0728 e. The zero-order valence-electron chi connectivity index (χ0n) is 11.6. The number of nitrogens with one attached hydrogen (secondary N) is 1. The molecule has 100 valence electrons. The highest BCUT2D eigenvalue weighted by Crippen LogP contribution is 2.29. The Hall–Kier alpha value is -2.55. The van der Waals surface area contributed by atoms with Gasteiger partial charge in [0.05, 0.1) is 5.52 Å². The van der Waals surface area contributed by atoms with Crippen LogP contribution in [0.15, 0.2) is 48.7 Å². The maximum atomic E-state index is 5.82. The predicted octanol–water partition coefficient (Wildman–Crippen LogP) is 4.18. The molecule has 2 aromatic carbocycles. The molecule has 0 spiro atoms. The fraction of sp³-hybridized carbons (Fsp3) is 0.118. The second kappa shape index (κ2) is 4.85. The average molecular weight is 263 g/mol. The van der Waals surface area contributed by atoms with Gasteiger partial charge in [0.15, 0.2) is 0 Å². The van der Waals surface area contributed by atoms with Crippen molar-refractivity contribution in [3.05, 3.63) is 59.8 Å². The number of hydrogen-bond donors (Lipinski definition) is 2. The number of rotatable bonds is 2. The SMILES string of the molecule is Cc1cc(C)c2c(Nc3cccc(N)c3)ccnc2c1. The van der Waals surface area contributed by atoms with Crippen LogP contribution < -0.4 is 11.1 Å². The molecular formula is C17H17N3. The van der Waals surface area contributed by atoms with Gasteiger partial charge in [-0.1, -0.05) is 12.1 Å². The second-order valence-electron chi connectivity index (χ2n) is 5.08. The van der Waals surface area contributed by atoms with Crippen LogP contribution in [-0.4, -0.2) is 4.98 Å². The molecule has 3 rings (SSSR count). The van der Waals surface area contributed by atoms with Crippen molar-refractivity contribution in [3.8, 4) is 0 Å². The highest BCUT2D eigenvalue weighted by molar-refractivity contribution is 5.95. The normalized spacial score (nSPS) is 10.7. The molecule has 0 aliphatic carbocycles. The number of fused-ring (bicyclic) bond motifs is 1. The largest absolute Gasteiger partial charge is 0.399 e. The van der Waals surface area contributed by atoms with Crippen LogP contribution in [0.1, 0.15) is 11.1 Å². The first-order chi connectivity index (χ1) is 9.63. The van der Waals surface area contributed by atoms with Crippen LogP contribution in [0.3, 0.4) is 0 Å². The molecule has 1 heterocycles. The molecule has 1 aromatic heterocycles. The van der Waals surface area contributed by atoms with E-state index >= 15 is 0 Å².